The van der Waals surface area contributed by atoms with E-state index in [1.54, 1.807) is 20.4 Å². The van der Waals surface area contributed by atoms with Gasteiger partial charge in [0.15, 0.2) is 5.75 Å². The lowest BCUT2D eigenvalue weighted by Crippen LogP contribution is -1.93. The zero-order valence-electron chi connectivity index (χ0n) is 10.8. The zero-order chi connectivity index (χ0) is 13.2. The highest BCUT2D eigenvalue weighted by atomic mass is 16.5. The molecular formula is C15H14N2O2. The first-order valence-electron chi connectivity index (χ1n) is 5.97. The Kier molecular flexibility index (Phi) is 2.83. The molecule has 0 aliphatic heterocycles. The van der Waals surface area contributed by atoms with Gasteiger partial charge in [0.1, 0.15) is 0 Å². The van der Waals surface area contributed by atoms with Crippen LogP contribution in [0.4, 0.5) is 0 Å². The molecule has 0 aliphatic rings. The summed E-state index contributed by atoms with van der Waals surface area (Å²) in [6, 6.07) is 10.2. The van der Waals surface area contributed by atoms with Crippen LogP contribution in [-0.4, -0.2) is 24.2 Å². The molecule has 2 heterocycles. The fraction of sp³-hybridized carbons (Fsp3) is 0.133. The number of rotatable bonds is 3. The van der Waals surface area contributed by atoms with E-state index in [0.29, 0.717) is 11.6 Å². The molecule has 0 saturated heterocycles. The van der Waals surface area contributed by atoms with Crippen molar-refractivity contribution < 1.29 is 9.47 Å². The van der Waals surface area contributed by atoms with Crippen LogP contribution in [0.3, 0.4) is 0 Å². The number of nitrogens with one attached hydrogen (secondary N) is 1. The predicted octanol–water partition coefficient (Wildman–Crippen LogP) is 3.25. The van der Waals surface area contributed by atoms with Crippen LogP contribution in [0, 0.1) is 0 Å². The third-order valence-corrected chi connectivity index (χ3v) is 3.12. The minimum Gasteiger partial charge on any atom is -0.491 e. The molecule has 0 fully saturated rings. The van der Waals surface area contributed by atoms with E-state index in [-0.39, 0.29) is 0 Å². The molecule has 0 saturated carbocycles. The Labute approximate surface area is 111 Å². The van der Waals surface area contributed by atoms with Gasteiger partial charge in [0.2, 0.25) is 0 Å². The number of fused-ring (bicyclic) bond motifs is 1. The van der Waals surface area contributed by atoms with E-state index >= 15 is 0 Å². The molecule has 1 N–H and O–H groups in total. The first-order chi connectivity index (χ1) is 9.31. The van der Waals surface area contributed by atoms with Gasteiger partial charge in [0, 0.05) is 23.5 Å². The van der Waals surface area contributed by atoms with Crippen LogP contribution in [0.5, 0.6) is 11.6 Å². The quantitative estimate of drug-likeness (QED) is 0.780. The van der Waals surface area contributed by atoms with Gasteiger partial charge in [-0.15, -0.1) is 0 Å². The second-order valence-corrected chi connectivity index (χ2v) is 4.22. The molecule has 1 aromatic carbocycles. The van der Waals surface area contributed by atoms with Crippen molar-refractivity contribution in [3.05, 3.63) is 42.7 Å². The molecule has 2 aromatic heterocycles. The monoisotopic (exact) mass is 254 g/mol. The van der Waals surface area contributed by atoms with Gasteiger partial charge in [-0.1, -0.05) is 12.1 Å². The van der Waals surface area contributed by atoms with Crippen molar-refractivity contribution in [2.75, 3.05) is 14.2 Å². The highest BCUT2D eigenvalue weighted by Gasteiger charge is 2.08. The smallest absolute Gasteiger partial charge is 0.256 e. The van der Waals surface area contributed by atoms with Crippen LogP contribution in [0.25, 0.3) is 22.0 Å². The third-order valence-electron chi connectivity index (χ3n) is 3.12. The van der Waals surface area contributed by atoms with Gasteiger partial charge in [0.05, 0.1) is 14.2 Å². The van der Waals surface area contributed by atoms with Gasteiger partial charge in [-0.05, 0) is 29.1 Å². The maximum Gasteiger partial charge on any atom is 0.256 e. The topological polar surface area (TPSA) is 47.1 Å². The molecule has 0 amide bonds. The van der Waals surface area contributed by atoms with Crippen molar-refractivity contribution in [3.63, 3.8) is 0 Å². The molecule has 3 rings (SSSR count). The number of methoxy groups -OCH3 is 2. The molecule has 0 bridgehead atoms. The summed E-state index contributed by atoms with van der Waals surface area (Å²) >= 11 is 0. The maximum atomic E-state index is 5.28. The highest BCUT2D eigenvalue weighted by molar-refractivity contribution is 5.84. The van der Waals surface area contributed by atoms with Gasteiger partial charge in [-0.2, -0.15) is 0 Å². The van der Waals surface area contributed by atoms with E-state index in [4.69, 9.17) is 9.47 Å². The lowest BCUT2D eigenvalue weighted by molar-refractivity contribution is 0.343. The average molecular weight is 254 g/mol. The average Bonchev–Trinajstić information content (AvgIpc) is 2.93. The lowest BCUT2D eigenvalue weighted by atomic mass is 10.1. The largest absolute Gasteiger partial charge is 0.491 e. The number of hydrogen-bond acceptors (Lipinski definition) is 3. The second-order valence-electron chi connectivity index (χ2n) is 4.22. The van der Waals surface area contributed by atoms with E-state index in [1.807, 2.05) is 18.3 Å². The summed E-state index contributed by atoms with van der Waals surface area (Å²) in [6.45, 7) is 0. The third kappa shape index (κ3) is 2.01. The molecule has 0 atom stereocenters. The summed E-state index contributed by atoms with van der Waals surface area (Å²) in [7, 11) is 3.19. The van der Waals surface area contributed by atoms with E-state index in [2.05, 4.69) is 28.2 Å². The second kappa shape index (κ2) is 4.65. The summed E-state index contributed by atoms with van der Waals surface area (Å²) in [4.78, 5) is 7.46. The van der Waals surface area contributed by atoms with Gasteiger partial charge >= 0.3 is 0 Å². The molecule has 0 spiro atoms. The molecule has 3 aromatic rings. The normalized spacial score (nSPS) is 10.6. The van der Waals surface area contributed by atoms with Crippen molar-refractivity contribution >= 4 is 10.9 Å². The Morgan fingerprint density at radius 2 is 1.89 bits per heavy atom. The summed E-state index contributed by atoms with van der Waals surface area (Å²) in [5.74, 6) is 1.12. The number of aromatic nitrogens is 2. The highest BCUT2D eigenvalue weighted by Crippen LogP contribution is 2.30. The molecule has 4 heteroatoms. The molecule has 96 valence electrons. The summed E-state index contributed by atoms with van der Waals surface area (Å²) in [5.41, 5.74) is 3.19. The van der Waals surface area contributed by atoms with Crippen LogP contribution < -0.4 is 9.47 Å². The fourth-order valence-electron chi connectivity index (χ4n) is 2.12. The minimum absolute atomic E-state index is 0.493. The minimum atomic E-state index is 0.493. The molecule has 19 heavy (non-hydrogen) atoms. The van der Waals surface area contributed by atoms with Gasteiger partial charge in [-0.3, -0.25) is 0 Å². The standard InChI is InChI=1S/C15H14N2O2/c1-18-14-8-12(9-17-15(14)19-2)11-4-3-10-5-6-16-13(10)7-11/h3-9,16H,1-2H3. The number of benzene rings is 1. The van der Waals surface area contributed by atoms with Crippen molar-refractivity contribution in [2.45, 2.75) is 0 Å². The van der Waals surface area contributed by atoms with E-state index in [1.165, 1.54) is 5.39 Å². The van der Waals surface area contributed by atoms with E-state index < -0.39 is 0 Å². The van der Waals surface area contributed by atoms with Crippen LogP contribution >= 0.6 is 0 Å². The number of nitrogens with zero attached hydrogens (tertiary/aromatic N) is 1. The Balaban J connectivity index is 2.09. The van der Waals surface area contributed by atoms with Crippen LogP contribution in [0.2, 0.25) is 0 Å². The molecule has 0 aliphatic carbocycles. The Morgan fingerprint density at radius 3 is 2.68 bits per heavy atom. The van der Waals surface area contributed by atoms with E-state index in [0.717, 1.165) is 16.6 Å². The number of pyridine rings is 1. The van der Waals surface area contributed by atoms with Gasteiger partial charge in [0.25, 0.3) is 5.88 Å². The SMILES string of the molecule is COc1cc(-c2ccc3cc[nH]c3c2)cnc1OC. The Hall–Kier alpha value is -2.49. The van der Waals surface area contributed by atoms with Crippen molar-refractivity contribution in [3.8, 4) is 22.8 Å². The zero-order valence-corrected chi connectivity index (χ0v) is 10.8. The van der Waals surface area contributed by atoms with Crippen molar-refractivity contribution in [2.24, 2.45) is 0 Å². The van der Waals surface area contributed by atoms with E-state index in [9.17, 15) is 0 Å². The fourth-order valence-corrected chi connectivity index (χ4v) is 2.12. The summed E-state index contributed by atoms with van der Waals surface area (Å²) in [6.07, 6.45) is 3.72. The first-order valence-corrected chi connectivity index (χ1v) is 5.97. The first kappa shape index (κ1) is 11.6. The van der Waals surface area contributed by atoms with Crippen molar-refractivity contribution in [1.29, 1.82) is 0 Å². The predicted molar refractivity (Wildman–Crippen MR) is 74.6 cm³/mol. The molecular weight excluding hydrogens is 240 g/mol. The van der Waals surface area contributed by atoms with Crippen LogP contribution in [-0.2, 0) is 0 Å². The van der Waals surface area contributed by atoms with Crippen molar-refractivity contribution in [1.82, 2.24) is 9.97 Å². The lowest BCUT2D eigenvalue weighted by Gasteiger charge is -2.08. The number of aromatic amines is 1. The van der Waals surface area contributed by atoms with Crippen LogP contribution in [0.15, 0.2) is 42.7 Å². The Bertz CT molecular complexity index is 719. The molecule has 0 unspecified atom stereocenters. The molecule has 4 nitrogen and oxygen atoms in total. The van der Waals surface area contributed by atoms with Crippen LogP contribution in [0.1, 0.15) is 0 Å². The number of hydrogen-bond donors (Lipinski definition) is 1. The maximum absolute atomic E-state index is 5.28. The molecule has 0 radical (unpaired) electrons. The Morgan fingerprint density at radius 1 is 1.00 bits per heavy atom. The number of ether oxygens (including phenoxy) is 2. The number of H-pyrrole nitrogens is 1. The van der Waals surface area contributed by atoms with Gasteiger partial charge < -0.3 is 14.5 Å². The van der Waals surface area contributed by atoms with Gasteiger partial charge in [-0.25, -0.2) is 4.98 Å². The summed E-state index contributed by atoms with van der Waals surface area (Å²) < 4.78 is 10.4. The summed E-state index contributed by atoms with van der Waals surface area (Å²) in [5, 5.41) is 1.19.